The maximum atomic E-state index is 9.46. The van der Waals surface area contributed by atoms with Gasteiger partial charge in [-0.2, -0.15) is 10.2 Å². The maximum absolute atomic E-state index is 9.46. The first-order chi connectivity index (χ1) is 13.0. The Bertz CT molecular complexity index is 1010. The van der Waals surface area contributed by atoms with Crippen LogP contribution in [0.2, 0.25) is 0 Å². The second-order valence-corrected chi connectivity index (χ2v) is 5.89. The van der Waals surface area contributed by atoms with Crippen molar-refractivity contribution in [2.24, 2.45) is 0 Å². The topological polar surface area (TPSA) is 120 Å². The molecule has 1 aromatic heterocycles. The molecule has 0 aliphatic rings. The van der Waals surface area contributed by atoms with Gasteiger partial charge >= 0.3 is 0 Å². The number of ether oxygens (including phenoxy) is 2. The lowest BCUT2D eigenvalue weighted by atomic mass is 10.0. The largest absolute Gasteiger partial charge is 0.493 e. The van der Waals surface area contributed by atoms with E-state index in [9.17, 15) is 5.26 Å². The summed E-state index contributed by atoms with van der Waals surface area (Å²) >= 11 is 0. The lowest BCUT2D eigenvalue weighted by Gasteiger charge is -2.15. The minimum atomic E-state index is 0.00321. The number of nitriles is 1. The first kappa shape index (κ1) is 18.0. The summed E-state index contributed by atoms with van der Waals surface area (Å²) in [4.78, 5) is 8.08. The zero-order chi connectivity index (χ0) is 19.4. The number of hydrogen-bond acceptors (Lipinski definition) is 7. The summed E-state index contributed by atoms with van der Waals surface area (Å²) in [6.45, 7) is 2.26. The van der Waals surface area contributed by atoms with E-state index in [0.717, 1.165) is 11.1 Å². The Labute approximate surface area is 157 Å². The molecule has 0 aliphatic carbocycles. The van der Waals surface area contributed by atoms with Crippen LogP contribution in [0, 0.1) is 18.3 Å². The smallest absolute Gasteiger partial charge is 0.222 e. The van der Waals surface area contributed by atoms with Crippen LogP contribution in [0.3, 0.4) is 0 Å². The summed E-state index contributed by atoms with van der Waals surface area (Å²) in [5, 5.41) is 9.46. The molecule has 0 spiro atoms. The Kier molecular flexibility index (Phi) is 5.08. The highest BCUT2D eigenvalue weighted by Gasteiger charge is 2.18. The van der Waals surface area contributed by atoms with E-state index in [0.29, 0.717) is 29.4 Å². The zero-order valence-corrected chi connectivity index (χ0v) is 15.1. The van der Waals surface area contributed by atoms with Crippen LogP contribution in [0.5, 0.6) is 11.5 Å². The average molecular weight is 361 g/mol. The number of nitrogens with zero attached hydrogens (tertiary/aromatic N) is 3. The molecule has 0 fully saturated rings. The number of aryl methyl sites for hydroxylation is 1. The lowest BCUT2D eigenvalue weighted by Crippen LogP contribution is -2.06. The van der Waals surface area contributed by atoms with Gasteiger partial charge in [-0.3, -0.25) is 0 Å². The van der Waals surface area contributed by atoms with Crippen LogP contribution >= 0.6 is 0 Å². The molecule has 7 nitrogen and oxygen atoms in total. The molecule has 3 aromatic rings. The molecular formula is C20H19N5O2. The number of nitrogens with two attached hydrogens (primary N) is 2. The van der Waals surface area contributed by atoms with Crippen molar-refractivity contribution in [3.63, 3.8) is 0 Å². The molecule has 0 saturated heterocycles. The molecule has 1 heterocycles. The van der Waals surface area contributed by atoms with Gasteiger partial charge in [-0.25, -0.2) is 4.98 Å². The Hall–Kier alpha value is -3.79. The normalized spacial score (nSPS) is 10.3. The van der Waals surface area contributed by atoms with Crippen molar-refractivity contribution in [1.29, 1.82) is 5.26 Å². The van der Waals surface area contributed by atoms with E-state index < -0.39 is 0 Å². The number of rotatable bonds is 5. The van der Waals surface area contributed by atoms with Gasteiger partial charge in [0.1, 0.15) is 24.1 Å². The second-order valence-electron chi connectivity index (χ2n) is 5.89. The first-order valence-electron chi connectivity index (χ1n) is 8.22. The van der Waals surface area contributed by atoms with Crippen molar-refractivity contribution in [2.45, 2.75) is 13.5 Å². The molecule has 3 rings (SSSR count). The van der Waals surface area contributed by atoms with Gasteiger partial charge < -0.3 is 20.9 Å². The van der Waals surface area contributed by atoms with Gasteiger partial charge in [-0.15, -0.1) is 0 Å². The summed E-state index contributed by atoms with van der Waals surface area (Å²) in [6.07, 6.45) is 0. The zero-order valence-electron chi connectivity index (χ0n) is 15.1. The number of hydrogen-bond donors (Lipinski definition) is 2. The molecule has 2 aromatic carbocycles. The van der Waals surface area contributed by atoms with Crippen molar-refractivity contribution in [3.05, 3.63) is 59.2 Å². The monoisotopic (exact) mass is 361 g/mol. The Balaban J connectivity index is 2.06. The van der Waals surface area contributed by atoms with Crippen molar-refractivity contribution in [3.8, 4) is 28.8 Å². The van der Waals surface area contributed by atoms with Gasteiger partial charge in [-0.05, 0) is 30.2 Å². The summed E-state index contributed by atoms with van der Waals surface area (Å²) in [5.74, 6) is 1.16. The third-order valence-electron chi connectivity index (χ3n) is 4.07. The van der Waals surface area contributed by atoms with E-state index >= 15 is 0 Å². The van der Waals surface area contributed by atoms with Crippen LogP contribution in [-0.4, -0.2) is 17.1 Å². The van der Waals surface area contributed by atoms with Gasteiger partial charge in [0.05, 0.1) is 12.8 Å². The number of aromatic nitrogens is 2. The van der Waals surface area contributed by atoms with E-state index in [-0.39, 0.29) is 17.3 Å². The number of methoxy groups -OCH3 is 1. The molecule has 136 valence electrons. The molecule has 27 heavy (non-hydrogen) atoms. The molecule has 0 radical (unpaired) electrons. The van der Waals surface area contributed by atoms with Crippen LogP contribution in [0.25, 0.3) is 11.3 Å². The van der Waals surface area contributed by atoms with Gasteiger partial charge in [-0.1, -0.05) is 30.3 Å². The van der Waals surface area contributed by atoms with E-state index in [1.54, 1.807) is 13.2 Å². The first-order valence-corrected chi connectivity index (χ1v) is 8.22. The van der Waals surface area contributed by atoms with Crippen LogP contribution in [0.4, 0.5) is 11.8 Å². The number of nitrogen functional groups attached to an aromatic ring is 2. The van der Waals surface area contributed by atoms with Crippen molar-refractivity contribution >= 4 is 11.8 Å². The van der Waals surface area contributed by atoms with Crippen molar-refractivity contribution in [2.75, 3.05) is 18.6 Å². The van der Waals surface area contributed by atoms with E-state index in [2.05, 4.69) is 9.97 Å². The molecule has 7 heteroatoms. The molecule has 4 N–H and O–H groups in total. The average Bonchev–Trinajstić information content (AvgIpc) is 2.67. The molecule has 0 bridgehead atoms. The third kappa shape index (κ3) is 3.75. The fourth-order valence-electron chi connectivity index (χ4n) is 2.73. The number of benzene rings is 2. The quantitative estimate of drug-likeness (QED) is 0.716. The summed E-state index contributed by atoms with van der Waals surface area (Å²) in [6, 6.07) is 15.4. The predicted molar refractivity (Wildman–Crippen MR) is 103 cm³/mol. The third-order valence-corrected chi connectivity index (χ3v) is 4.07. The highest BCUT2D eigenvalue weighted by atomic mass is 16.5. The van der Waals surface area contributed by atoms with Crippen molar-refractivity contribution < 1.29 is 9.47 Å². The minimum absolute atomic E-state index is 0.00321. The van der Waals surface area contributed by atoms with E-state index in [4.69, 9.17) is 20.9 Å². The molecular weight excluding hydrogens is 342 g/mol. The van der Waals surface area contributed by atoms with Gasteiger partial charge in [0.25, 0.3) is 0 Å². The molecule has 0 saturated carbocycles. The fraction of sp³-hybridized carbons (Fsp3) is 0.150. The summed E-state index contributed by atoms with van der Waals surface area (Å²) < 4.78 is 11.4. The van der Waals surface area contributed by atoms with E-state index in [1.807, 2.05) is 49.4 Å². The Morgan fingerprint density at radius 3 is 2.48 bits per heavy atom. The highest BCUT2D eigenvalue weighted by molar-refractivity contribution is 5.77. The molecule has 0 aliphatic heterocycles. The molecule has 0 unspecified atom stereocenters. The van der Waals surface area contributed by atoms with Gasteiger partial charge in [0.15, 0.2) is 11.5 Å². The highest BCUT2D eigenvalue weighted by Crippen LogP contribution is 2.37. The standard InChI is InChI=1S/C20H19N5O2/c1-12-8-16(26-2)17(27-11-13-6-4-3-5-7-13)9-14(12)18-15(10-21)19(22)25-20(23)24-18/h3-9H,11H2,1-2H3,(H4,22,23,24,25). The maximum Gasteiger partial charge on any atom is 0.222 e. The van der Waals surface area contributed by atoms with Crippen LogP contribution in [0.1, 0.15) is 16.7 Å². The Morgan fingerprint density at radius 1 is 1.07 bits per heavy atom. The van der Waals surface area contributed by atoms with E-state index in [1.165, 1.54) is 0 Å². The summed E-state index contributed by atoms with van der Waals surface area (Å²) in [5.41, 5.74) is 14.7. The Morgan fingerprint density at radius 2 is 1.81 bits per heavy atom. The fourth-order valence-corrected chi connectivity index (χ4v) is 2.73. The SMILES string of the molecule is COc1cc(C)c(-c2nc(N)nc(N)c2C#N)cc1OCc1ccccc1. The van der Waals surface area contributed by atoms with Crippen LogP contribution < -0.4 is 20.9 Å². The summed E-state index contributed by atoms with van der Waals surface area (Å²) in [7, 11) is 1.57. The lowest BCUT2D eigenvalue weighted by molar-refractivity contribution is 0.284. The van der Waals surface area contributed by atoms with Crippen LogP contribution in [0.15, 0.2) is 42.5 Å². The minimum Gasteiger partial charge on any atom is -0.493 e. The van der Waals surface area contributed by atoms with Crippen LogP contribution in [-0.2, 0) is 6.61 Å². The number of anilines is 2. The van der Waals surface area contributed by atoms with Gasteiger partial charge in [0, 0.05) is 5.56 Å². The van der Waals surface area contributed by atoms with Crippen molar-refractivity contribution in [1.82, 2.24) is 9.97 Å². The molecule has 0 amide bonds. The van der Waals surface area contributed by atoms with Gasteiger partial charge in [0.2, 0.25) is 5.95 Å². The predicted octanol–water partition coefficient (Wildman–Crippen LogP) is 3.08. The molecule has 0 atom stereocenters. The second kappa shape index (κ2) is 7.62.